The molecule has 0 aromatic heterocycles. The summed E-state index contributed by atoms with van der Waals surface area (Å²) in [6.45, 7) is 8.33. The van der Waals surface area contributed by atoms with Crippen LogP contribution in [0.3, 0.4) is 0 Å². The van der Waals surface area contributed by atoms with Crippen molar-refractivity contribution in [2.45, 2.75) is 90.7 Å². The molecule has 0 heterocycles. The molecule has 1 unspecified atom stereocenters. The smallest absolute Gasteiger partial charge is 0.343 e. The van der Waals surface area contributed by atoms with Crippen LogP contribution < -0.4 is 0 Å². The van der Waals surface area contributed by atoms with Gasteiger partial charge >= 0.3 is 11.9 Å². The number of aliphatic hydroxyl groups is 1. The number of aliphatic carboxylic acids is 1. The lowest BCUT2D eigenvalue weighted by Gasteiger charge is -2.06. The van der Waals surface area contributed by atoms with Crippen molar-refractivity contribution in [2.24, 2.45) is 11.8 Å². The molecule has 0 aliphatic rings. The van der Waals surface area contributed by atoms with Crippen molar-refractivity contribution in [1.82, 2.24) is 0 Å². The fourth-order valence-electron chi connectivity index (χ4n) is 2.21. The zero-order valence-corrected chi connectivity index (χ0v) is 19.2. The Kier molecular flexibility index (Phi) is 21.7. The van der Waals surface area contributed by atoms with Gasteiger partial charge in [-0.3, -0.25) is 4.79 Å². The lowest BCUT2D eigenvalue weighted by molar-refractivity contribution is -0.137. The Bertz CT molecular complexity index is 362. The van der Waals surface area contributed by atoms with E-state index in [1.807, 2.05) is 0 Å². The van der Waals surface area contributed by atoms with Gasteiger partial charge in [-0.05, 0) is 24.7 Å². The van der Waals surface area contributed by atoms with Crippen molar-refractivity contribution < 1.29 is 24.0 Å². The van der Waals surface area contributed by atoms with E-state index in [0.29, 0.717) is 6.42 Å². The second-order valence-corrected chi connectivity index (χ2v) is 9.00. The van der Waals surface area contributed by atoms with Gasteiger partial charge in [0.25, 0.3) is 0 Å². The van der Waals surface area contributed by atoms with Crippen molar-refractivity contribution in [3.63, 3.8) is 0 Å². The Hall–Kier alpha value is -0.400. The van der Waals surface area contributed by atoms with Gasteiger partial charge in [0.05, 0.1) is 17.3 Å². The van der Waals surface area contributed by atoms with Gasteiger partial charge in [0, 0.05) is 5.75 Å². The molecule has 0 aliphatic carbocycles. The van der Waals surface area contributed by atoms with Gasteiger partial charge in [0.2, 0.25) is 0 Å². The van der Waals surface area contributed by atoms with Crippen LogP contribution in [-0.4, -0.2) is 39.8 Å². The van der Waals surface area contributed by atoms with E-state index in [0.717, 1.165) is 48.9 Å². The molecule has 0 radical (unpaired) electrons. The fraction of sp³-hybridized carbons (Fsp3) is 0.900. The molecule has 27 heavy (non-hydrogen) atoms. The van der Waals surface area contributed by atoms with Gasteiger partial charge in [-0.15, -0.1) is 0 Å². The molecule has 5 nitrogen and oxygen atoms in total. The molecule has 1 atom stereocenters. The van der Waals surface area contributed by atoms with E-state index in [4.69, 9.17) is 10.2 Å². The van der Waals surface area contributed by atoms with E-state index in [2.05, 4.69) is 44.5 Å². The predicted molar refractivity (Wildman–Crippen MR) is 117 cm³/mol. The SMILES string of the molecule is CC(C)CCCCCC(S)C(=O)O.CC(C)CCCCCSOC(=O)CO. The largest absolute Gasteiger partial charge is 0.480 e. The molecule has 0 aromatic rings. The maximum absolute atomic E-state index is 10.5. The summed E-state index contributed by atoms with van der Waals surface area (Å²) in [4.78, 5) is 20.9. The van der Waals surface area contributed by atoms with Gasteiger partial charge in [0.15, 0.2) is 0 Å². The monoisotopic (exact) mass is 424 g/mol. The summed E-state index contributed by atoms with van der Waals surface area (Å²) in [6, 6.07) is 0. The first-order valence-corrected chi connectivity index (χ1v) is 11.5. The second-order valence-electron chi connectivity index (χ2n) is 7.56. The number of hydrogen-bond acceptors (Lipinski definition) is 6. The minimum atomic E-state index is -0.799. The van der Waals surface area contributed by atoms with E-state index in [9.17, 15) is 9.59 Å². The molecule has 162 valence electrons. The number of carbonyl (C=O) groups is 2. The Morgan fingerprint density at radius 3 is 1.81 bits per heavy atom. The first-order valence-electron chi connectivity index (χ1n) is 10.0. The lowest BCUT2D eigenvalue weighted by Crippen LogP contribution is -2.12. The van der Waals surface area contributed by atoms with Crippen LogP contribution in [0, 0.1) is 11.8 Å². The Balaban J connectivity index is 0. The average Bonchev–Trinajstić information content (AvgIpc) is 2.60. The number of carboxylic acids is 1. The van der Waals surface area contributed by atoms with Crippen molar-refractivity contribution in [3.8, 4) is 0 Å². The third kappa shape index (κ3) is 25.6. The van der Waals surface area contributed by atoms with Crippen molar-refractivity contribution in [3.05, 3.63) is 0 Å². The van der Waals surface area contributed by atoms with Crippen LogP contribution in [0.25, 0.3) is 0 Å². The molecule has 0 saturated heterocycles. The van der Waals surface area contributed by atoms with Gasteiger partial charge in [-0.25, -0.2) is 4.79 Å². The predicted octanol–water partition coefficient (Wildman–Crippen LogP) is 5.36. The van der Waals surface area contributed by atoms with Crippen LogP contribution in [0.5, 0.6) is 0 Å². The third-order valence-electron chi connectivity index (χ3n) is 3.83. The van der Waals surface area contributed by atoms with Crippen molar-refractivity contribution >= 4 is 36.6 Å². The lowest BCUT2D eigenvalue weighted by atomic mass is 10.0. The molecular formula is C20H40O5S2. The van der Waals surface area contributed by atoms with Crippen LogP contribution in [0.2, 0.25) is 0 Å². The molecular weight excluding hydrogens is 384 g/mol. The third-order valence-corrected chi connectivity index (χ3v) is 5.07. The van der Waals surface area contributed by atoms with Gasteiger partial charge in [-0.2, -0.15) is 12.6 Å². The van der Waals surface area contributed by atoms with E-state index >= 15 is 0 Å². The van der Waals surface area contributed by atoms with Gasteiger partial charge in [-0.1, -0.05) is 72.6 Å². The summed E-state index contributed by atoms with van der Waals surface area (Å²) >= 11 is 5.10. The number of rotatable bonds is 15. The minimum absolute atomic E-state index is 0.473. The summed E-state index contributed by atoms with van der Waals surface area (Å²) in [5, 5.41) is 16.4. The van der Waals surface area contributed by atoms with Crippen LogP contribution in [0.15, 0.2) is 0 Å². The van der Waals surface area contributed by atoms with Crippen LogP contribution in [0.1, 0.15) is 85.5 Å². The first-order chi connectivity index (χ1) is 12.7. The van der Waals surface area contributed by atoms with Crippen LogP contribution >= 0.6 is 24.7 Å². The molecule has 0 saturated carbocycles. The summed E-state index contributed by atoms with van der Waals surface area (Å²) < 4.78 is 4.65. The number of unbranched alkanes of at least 4 members (excludes halogenated alkanes) is 4. The summed E-state index contributed by atoms with van der Waals surface area (Å²) in [5.74, 6) is 0.995. The second kappa shape index (κ2) is 20.3. The number of carbonyl (C=O) groups excluding carboxylic acids is 1. The van der Waals surface area contributed by atoms with Gasteiger partial charge in [0.1, 0.15) is 6.61 Å². The van der Waals surface area contributed by atoms with Crippen molar-refractivity contribution in [2.75, 3.05) is 12.4 Å². The highest BCUT2D eigenvalue weighted by molar-refractivity contribution is 7.95. The number of thiol groups is 1. The van der Waals surface area contributed by atoms with E-state index in [-0.39, 0.29) is 0 Å². The molecule has 0 aliphatic heterocycles. The topological polar surface area (TPSA) is 83.8 Å². The van der Waals surface area contributed by atoms with Crippen LogP contribution in [-0.2, 0) is 13.8 Å². The molecule has 0 fully saturated rings. The Morgan fingerprint density at radius 1 is 0.889 bits per heavy atom. The summed E-state index contributed by atoms with van der Waals surface area (Å²) in [6.07, 6.45) is 10.00. The standard InChI is InChI=1S/C10H20O3S.C10H20O2S/c1-9(2)6-4-3-5-7-14-13-10(12)8-11;1-8(2)6-4-3-5-7-9(13)10(11)12/h9,11H,3-8H2,1-2H3;8-9,13H,3-7H2,1-2H3,(H,11,12). The summed E-state index contributed by atoms with van der Waals surface area (Å²) in [5.41, 5.74) is 0. The zero-order chi connectivity index (χ0) is 21.1. The van der Waals surface area contributed by atoms with Crippen molar-refractivity contribution in [1.29, 1.82) is 0 Å². The number of carboxylic acid groups (broad SMARTS) is 1. The maximum Gasteiger partial charge on any atom is 0.343 e. The van der Waals surface area contributed by atoms with E-state index in [1.54, 1.807) is 0 Å². The Morgan fingerprint density at radius 2 is 1.37 bits per heavy atom. The molecule has 7 heteroatoms. The first kappa shape index (κ1) is 28.8. The molecule has 0 aromatic carbocycles. The highest BCUT2D eigenvalue weighted by atomic mass is 32.2. The summed E-state index contributed by atoms with van der Waals surface area (Å²) in [7, 11) is 0. The van der Waals surface area contributed by atoms with Crippen LogP contribution in [0.4, 0.5) is 0 Å². The van der Waals surface area contributed by atoms with E-state index in [1.165, 1.54) is 32.1 Å². The average molecular weight is 425 g/mol. The maximum atomic E-state index is 10.5. The molecule has 0 spiro atoms. The zero-order valence-electron chi connectivity index (χ0n) is 17.5. The molecule has 0 rings (SSSR count). The normalized spacial score (nSPS) is 11.9. The fourth-order valence-corrected chi connectivity index (χ4v) is 2.99. The molecule has 0 amide bonds. The molecule has 0 bridgehead atoms. The Labute approximate surface area is 175 Å². The quantitative estimate of drug-likeness (QED) is 0.186. The van der Waals surface area contributed by atoms with Gasteiger partial charge < -0.3 is 14.4 Å². The van der Waals surface area contributed by atoms with E-state index < -0.39 is 23.8 Å². The number of hydrogen-bond donors (Lipinski definition) is 3. The minimum Gasteiger partial charge on any atom is -0.480 e. The number of aliphatic hydroxyl groups excluding tert-OH is 1. The highest BCUT2D eigenvalue weighted by Gasteiger charge is 2.10. The molecule has 2 N–H and O–H groups in total. The highest BCUT2D eigenvalue weighted by Crippen LogP contribution is 2.13.